The van der Waals surface area contributed by atoms with E-state index in [1.807, 2.05) is 0 Å². The van der Waals surface area contributed by atoms with Crippen molar-refractivity contribution in [2.24, 2.45) is 0 Å². The maximum atomic E-state index is 11.5. The molecule has 0 aromatic carbocycles. The summed E-state index contributed by atoms with van der Waals surface area (Å²) >= 11 is 0. The summed E-state index contributed by atoms with van der Waals surface area (Å²) in [5.41, 5.74) is 1.10. The van der Waals surface area contributed by atoms with Crippen LogP contribution in [0.25, 0.3) is 11.0 Å². The first kappa shape index (κ1) is 9.60. The SMILES string of the molecule is O=C(NCCO)c1cnc2[nH]ncc2c1. The molecule has 0 aliphatic carbocycles. The first-order chi connectivity index (χ1) is 7.31. The number of H-pyrrole nitrogens is 1. The third-order valence-corrected chi connectivity index (χ3v) is 1.95. The molecule has 2 aromatic rings. The van der Waals surface area contributed by atoms with Gasteiger partial charge in [-0.25, -0.2) is 4.98 Å². The number of aliphatic hydroxyl groups excluding tert-OH is 1. The molecule has 2 rings (SSSR count). The van der Waals surface area contributed by atoms with Crippen molar-refractivity contribution in [3.8, 4) is 0 Å². The average molecular weight is 206 g/mol. The van der Waals surface area contributed by atoms with E-state index < -0.39 is 0 Å². The van der Waals surface area contributed by atoms with Gasteiger partial charge in [-0.1, -0.05) is 0 Å². The summed E-state index contributed by atoms with van der Waals surface area (Å²) in [7, 11) is 0. The predicted molar refractivity (Wildman–Crippen MR) is 53.3 cm³/mol. The van der Waals surface area contributed by atoms with Gasteiger partial charge in [-0.15, -0.1) is 0 Å². The van der Waals surface area contributed by atoms with Crippen LogP contribution in [0.5, 0.6) is 0 Å². The van der Waals surface area contributed by atoms with Crippen molar-refractivity contribution in [2.45, 2.75) is 0 Å². The normalized spacial score (nSPS) is 10.5. The van der Waals surface area contributed by atoms with Crippen LogP contribution in [0, 0.1) is 0 Å². The van der Waals surface area contributed by atoms with Crippen LogP contribution in [0.1, 0.15) is 10.4 Å². The van der Waals surface area contributed by atoms with Gasteiger partial charge in [-0.2, -0.15) is 5.10 Å². The number of carbonyl (C=O) groups excluding carboxylic acids is 1. The highest BCUT2D eigenvalue weighted by Gasteiger charge is 2.06. The minimum Gasteiger partial charge on any atom is -0.395 e. The van der Waals surface area contributed by atoms with E-state index in [2.05, 4.69) is 20.5 Å². The Labute approximate surface area is 85.3 Å². The number of nitrogens with one attached hydrogen (secondary N) is 2. The molecular formula is C9H10N4O2. The number of pyridine rings is 1. The molecule has 0 unspecified atom stereocenters. The van der Waals surface area contributed by atoms with Crippen molar-refractivity contribution in [3.05, 3.63) is 24.0 Å². The van der Waals surface area contributed by atoms with Gasteiger partial charge in [0.15, 0.2) is 5.65 Å². The summed E-state index contributed by atoms with van der Waals surface area (Å²) in [6.07, 6.45) is 3.07. The lowest BCUT2D eigenvalue weighted by Crippen LogP contribution is -2.26. The number of fused-ring (bicyclic) bond motifs is 1. The quantitative estimate of drug-likeness (QED) is 0.641. The molecule has 2 aromatic heterocycles. The first-order valence-corrected chi connectivity index (χ1v) is 4.49. The fourth-order valence-corrected chi connectivity index (χ4v) is 1.23. The van der Waals surface area contributed by atoms with E-state index in [-0.39, 0.29) is 19.1 Å². The van der Waals surface area contributed by atoms with E-state index in [9.17, 15) is 4.79 Å². The van der Waals surface area contributed by atoms with E-state index >= 15 is 0 Å². The molecule has 0 atom stereocenters. The van der Waals surface area contributed by atoms with Gasteiger partial charge in [-0.05, 0) is 6.07 Å². The van der Waals surface area contributed by atoms with Crippen molar-refractivity contribution in [2.75, 3.05) is 13.2 Å². The van der Waals surface area contributed by atoms with Crippen molar-refractivity contribution < 1.29 is 9.90 Å². The van der Waals surface area contributed by atoms with Gasteiger partial charge in [0.1, 0.15) is 0 Å². The molecule has 0 saturated carbocycles. The topological polar surface area (TPSA) is 90.9 Å². The maximum Gasteiger partial charge on any atom is 0.252 e. The Morgan fingerprint density at radius 1 is 1.53 bits per heavy atom. The molecule has 0 aliphatic heterocycles. The maximum absolute atomic E-state index is 11.5. The Hall–Kier alpha value is -1.95. The fourth-order valence-electron chi connectivity index (χ4n) is 1.23. The summed E-state index contributed by atoms with van der Waals surface area (Å²) in [5.74, 6) is -0.250. The number of carbonyl (C=O) groups is 1. The van der Waals surface area contributed by atoms with Crippen molar-refractivity contribution in [1.82, 2.24) is 20.5 Å². The summed E-state index contributed by atoms with van der Waals surface area (Å²) in [6.45, 7) is 0.162. The van der Waals surface area contributed by atoms with E-state index in [1.54, 1.807) is 12.3 Å². The lowest BCUT2D eigenvalue weighted by molar-refractivity contribution is 0.0944. The second-order valence-electron chi connectivity index (χ2n) is 3.01. The molecule has 15 heavy (non-hydrogen) atoms. The molecule has 1 amide bonds. The molecule has 0 aliphatic rings. The zero-order valence-corrected chi connectivity index (χ0v) is 7.90. The van der Waals surface area contributed by atoms with Crippen LogP contribution >= 0.6 is 0 Å². The number of rotatable bonds is 3. The van der Waals surface area contributed by atoms with Crippen LogP contribution in [-0.4, -0.2) is 39.3 Å². The number of aromatic nitrogens is 3. The molecule has 3 N–H and O–H groups in total. The highest BCUT2D eigenvalue weighted by molar-refractivity contribution is 5.96. The summed E-state index contributed by atoms with van der Waals surface area (Å²) < 4.78 is 0. The largest absolute Gasteiger partial charge is 0.395 e. The van der Waals surface area contributed by atoms with Crippen LogP contribution in [0.2, 0.25) is 0 Å². The summed E-state index contributed by atoms with van der Waals surface area (Å²) in [6, 6.07) is 1.69. The Kier molecular flexibility index (Phi) is 2.59. The van der Waals surface area contributed by atoms with Gasteiger partial charge >= 0.3 is 0 Å². The summed E-state index contributed by atoms with van der Waals surface area (Å²) in [5, 5.41) is 18.4. The summed E-state index contributed by atoms with van der Waals surface area (Å²) in [4.78, 5) is 15.5. The van der Waals surface area contributed by atoms with E-state index in [1.165, 1.54) is 6.20 Å². The lowest BCUT2D eigenvalue weighted by Gasteiger charge is -2.01. The van der Waals surface area contributed by atoms with Crippen LogP contribution in [-0.2, 0) is 0 Å². The third kappa shape index (κ3) is 1.94. The monoisotopic (exact) mass is 206 g/mol. The molecule has 0 radical (unpaired) electrons. The van der Waals surface area contributed by atoms with Crippen LogP contribution in [0.15, 0.2) is 18.5 Å². The Morgan fingerprint density at radius 3 is 3.20 bits per heavy atom. The number of aromatic amines is 1. The average Bonchev–Trinajstić information content (AvgIpc) is 2.72. The second kappa shape index (κ2) is 4.05. The molecule has 6 nitrogen and oxygen atoms in total. The van der Waals surface area contributed by atoms with Gasteiger partial charge in [0.05, 0.1) is 18.4 Å². The minimum absolute atomic E-state index is 0.0763. The van der Waals surface area contributed by atoms with Crippen molar-refractivity contribution >= 4 is 16.9 Å². The molecule has 0 saturated heterocycles. The molecule has 0 spiro atoms. The number of nitrogens with zero attached hydrogens (tertiary/aromatic N) is 2. The van der Waals surface area contributed by atoms with Gasteiger partial charge in [0.2, 0.25) is 0 Å². The standard InChI is InChI=1S/C9H10N4O2/c14-2-1-10-9(15)7-3-6-5-12-13-8(6)11-4-7/h3-5,14H,1-2H2,(H,10,15)(H,11,12,13). The molecular weight excluding hydrogens is 196 g/mol. The van der Waals surface area contributed by atoms with Crippen LogP contribution in [0.3, 0.4) is 0 Å². The predicted octanol–water partition coefficient (Wildman–Crippen LogP) is -0.320. The zero-order chi connectivity index (χ0) is 10.7. The lowest BCUT2D eigenvalue weighted by atomic mass is 10.2. The Morgan fingerprint density at radius 2 is 2.40 bits per heavy atom. The second-order valence-corrected chi connectivity index (χ2v) is 3.01. The molecule has 0 fully saturated rings. The van der Waals surface area contributed by atoms with Crippen molar-refractivity contribution in [1.29, 1.82) is 0 Å². The third-order valence-electron chi connectivity index (χ3n) is 1.95. The van der Waals surface area contributed by atoms with E-state index in [0.29, 0.717) is 11.2 Å². The molecule has 0 bridgehead atoms. The Bertz CT molecular complexity index is 480. The van der Waals surface area contributed by atoms with Crippen LogP contribution < -0.4 is 5.32 Å². The molecule has 78 valence electrons. The number of amides is 1. The molecule has 2 heterocycles. The zero-order valence-electron chi connectivity index (χ0n) is 7.90. The number of hydrogen-bond donors (Lipinski definition) is 3. The first-order valence-electron chi connectivity index (χ1n) is 4.49. The van der Waals surface area contributed by atoms with Gasteiger partial charge in [-0.3, -0.25) is 9.89 Å². The van der Waals surface area contributed by atoms with Gasteiger partial charge < -0.3 is 10.4 Å². The Balaban J connectivity index is 2.23. The molecule has 6 heteroatoms. The number of hydrogen-bond acceptors (Lipinski definition) is 4. The highest BCUT2D eigenvalue weighted by Crippen LogP contribution is 2.09. The van der Waals surface area contributed by atoms with Gasteiger partial charge in [0, 0.05) is 18.1 Å². The smallest absolute Gasteiger partial charge is 0.252 e. The minimum atomic E-state index is -0.250. The fraction of sp³-hybridized carbons (Fsp3) is 0.222. The van der Waals surface area contributed by atoms with E-state index in [4.69, 9.17) is 5.11 Å². The van der Waals surface area contributed by atoms with E-state index in [0.717, 1.165) is 5.39 Å². The van der Waals surface area contributed by atoms with Crippen molar-refractivity contribution in [3.63, 3.8) is 0 Å². The highest BCUT2D eigenvalue weighted by atomic mass is 16.3. The van der Waals surface area contributed by atoms with Crippen LogP contribution in [0.4, 0.5) is 0 Å². The number of aliphatic hydroxyl groups is 1. The van der Waals surface area contributed by atoms with Gasteiger partial charge in [0.25, 0.3) is 5.91 Å².